The van der Waals surface area contributed by atoms with Crippen molar-refractivity contribution in [1.82, 2.24) is 0 Å². The molecule has 1 saturated carbocycles. The molecule has 0 radical (unpaired) electrons. The Morgan fingerprint density at radius 1 is 1.36 bits per heavy atom. The van der Waals surface area contributed by atoms with E-state index in [9.17, 15) is 0 Å². The molecule has 3 unspecified atom stereocenters. The predicted octanol–water partition coefficient (Wildman–Crippen LogP) is 3.18. The Labute approximate surface area is 80.3 Å². The first-order chi connectivity index (χ1) is 5.25. The molecule has 1 fully saturated rings. The fourth-order valence-electron chi connectivity index (χ4n) is 2.34. The van der Waals surface area contributed by atoms with Gasteiger partial charge in [-0.3, -0.25) is 0 Å². The molecule has 0 amide bonds. The fourth-order valence-corrected chi connectivity index (χ4v) is 2.34. The van der Waals surface area contributed by atoms with Crippen LogP contribution < -0.4 is 0 Å². The third-order valence-electron chi connectivity index (χ3n) is 3.56. The van der Waals surface area contributed by atoms with Gasteiger partial charge in [0.05, 0.1) is 0 Å². The molecule has 0 aromatic carbocycles. The molecule has 1 aliphatic carbocycles. The third kappa shape index (κ3) is 2.53. The van der Waals surface area contributed by atoms with E-state index in [4.69, 9.17) is 0 Å². The summed E-state index contributed by atoms with van der Waals surface area (Å²) in [5.41, 5.74) is 0. The van der Waals surface area contributed by atoms with E-state index in [1.165, 1.54) is 32.1 Å². The van der Waals surface area contributed by atoms with Gasteiger partial charge in [-0.25, -0.2) is 0 Å². The maximum atomic E-state index is 2.44. The summed E-state index contributed by atoms with van der Waals surface area (Å²) in [7, 11) is 0. The van der Waals surface area contributed by atoms with Crippen LogP contribution in [-0.4, -0.2) is 17.7 Å². The molecule has 11 heavy (non-hydrogen) atoms. The van der Waals surface area contributed by atoms with Crippen molar-refractivity contribution in [2.45, 2.75) is 50.5 Å². The minimum atomic E-state index is 0.997. The van der Waals surface area contributed by atoms with Gasteiger partial charge in [0.25, 0.3) is 0 Å². The zero-order valence-corrected chi connectivity index (χ0v) is 8.27. The van der Waals surface area contributed by atoms with Gasteiger partial charge in [0.1, 0.15) is 0 Å². The van der Waals surface area contributed by atoms with Gasteiger partial charge in [0, 0.05) is 0 Å². The van der Waals surface area contributed by atoms with Crippen LogP contribution in [0.25, 0.3) is 0 Å². The van der Waals surface area contributed by atoms with Crippen LogP contribution in [0.15, 0.2) is 0 Å². The molecule has 0 aromatic heterocycles. The first-order valence-corrected chi connectivity index (χ1v) is 5.25. The molecule has 1 aliphatic rings. The molecule has 60 valence electrons. The van der Waals surface area contributed by atoms with Crippen molar-refractivity contribution in [2.24, 2.45) is 11.8 Å². The molecule has 3 atom stereocenters. The Morgan fingerprint density at radius 3 is 2.55 bits per heavy atom. The third-order valence-corrected chi connectivity index (χ3v) is 3.56. The van der Waals surface area contributed by atoms with Crippen LogP contribution in [0, 0.1) is 11.8 Å². The van der Waals surface area contributed by atoms with Gasteiger partial charge in [-0.15, -0.1) is 0 Å². The summed E-state index contributed by atoms with van der Waals surface area (Å²) in [5, 5.41) is 0. The molecular formula is C10H19Li. The second kappa shape index (κ2) is 4.58. The van der Waals surface area contributed by atoms with E-state index < -0.39 is 0 Å². The number of unbranched alkanes of at least 4 members (excludes halogenated alkanes) is 1. The van der Waals surface area contributed by atoms with Gasteiger partial charge in [-0.2, -0.15) is 0 Å². The summed E-state index contributed by atoms with van der Waals surface area (Å²) in [4.78, 5) is 0. The van der Waals surface area contributed by atoms with E-state index in [0.717, 1.165) is 16.4 Å². The van der Waals surface area contributed by atoms with Crippen LogP contribution in [-0.2, 0) is 0 Å². The fraction of sp³-hybridized carbons (Fsp3) is 1.00. The van der Waals surface area contributed by atoms with E-state index in [2.05, 4.69) is 31.6 Å². The van der Waals surface area contributed by atoms with Gasteiger partial charge in [0.15, 0.2) is 0 Å². The minimum absolute atomic E-state index is 0.997. The van der Waals surface area contributed by atoms with Crippen molar-refractivity contribution in [1.29, 1.82) is 0 Å². The number of hydrogen-bond acceptors (Lipinski definition) is 0. The Balaban J connectivity index is 2.24. The molecule has 0 bridgehead atoms. The van der Waals surface area contributed by atoms with Crippen molar-refractivity contribution < 1.29 is 0 Å². The van der Waals surface area contributed by atoms with E-state index in [1.807, 2.05) is 0 Å². The monoisotopic (exact) mass is 146 g/mol. The predicted molar refractivity (Wildman–Crippen MR) is 50.9 cm³/mol. The van der Waals surface area contributed by atoms with Crippen molar-refractivity contribution in [2.75, 3.05) is 0 Å². The standard InChI is InChI=1S/C10H19.Li/c1-3-4-5-10-7-6-9(2)8-10;/h8-10H,3-7H2,1-2H3;. The van der Waals surface area contributed by atoms with E-state index in [-0.39, 0.29) is 0 Å². The van der Waals surface area contributed by atoms with Crippen molar-refractivity contribution in [3.05, 3.63) is 0 Å². The first kappa shape index (κ1) is 9.68. The molecule has 0 saturated heterocycles. The first-order valence-electron chi connectivity index (χ1n) is 5.25. The topological polar surface area (TPSA) is 0 Å². The van der Waals surface area contributed by atoms with Gasteiger partial charge in [-0.05, 0) is 0 Å². The van der Waals surface area contributed by atoms with Gasteiger partial charge in [-0.1, -0.05) is 0 Å². The summed E-state index contributed by atoms with van der Waals surface area (Å²) < 4.78 is 1.00. The molecule has 0 N–H and O–H groups in total. The molecule has 0 aliphatic heterocycles. The molecule has 0 spiro atoms. The molecule has 1 rings (SSSR count). The Hall–Kier alpha value is 0.597. The molecule has 1 heteroatoms. The second-order valence-corrected chi connectivity index (χ2v) is 4.32. The normalized spacial score (nSPS) is 38.0. The Bertz CT molecular complexity index is 111. The SMILES string of the molecule is [Li][CH]1C(C)CCC1CCCC. The zero-order chi connectivity index (χ0) is 8.27. The molecule has 0 aromatic rings. The second-order valence-electron chi connectivity index (χ2n) is 4.32. The number of hydrogen-bond donors (Lipinski definition) is 0. The molecular weight excluding hydrogens is 127 g/mol. The van der Waals surface area contributed by atoms with Crippen LogP contribution in [0.1, 0.15) is 46.0 Å². The quantitative estimate of drug-likeness (QED) is 0.536. The summed E-state index contributed by atoms with van der Waals surface area (Å²) >= 11 is 2.44. The summed E-state index contributed by atoms with van der Waals surface area (Å²) in [6.07, 6.45) is 7.29. The van der Waals surface area contributed by atoms with E-state index in [1.54, 1.807) is 0 Å². The van der Waals surface area contributed by atoms with Crippen LogP contribution in [0.5, 0.6) is 0 Å². The van der Waals surface area contributed by atoms with Gasteiger partial charge < -0.3 is 0 Å². The average molecular weight is 146 g/mol. The van der Waals surface area contributed by atoms with Crippen LogP contribution in [0.4, 0.5) is 0 Å². The summed E-state index contributed by atoms with van der Waals surface area (Å²) in [6, 6.07) is 0. The van der Waals surface area contributed by atoms with E-state index >= 15 is 0 Å². The number of rotatable bonds is 3. The maximum absolute atomic E-state index is 2.44. The van der Waals surface area contributed by atoms with Gasteiger partial charge >= 0.3 is 80.1 Å². The molecule has 0 heterocycles. The molecule has 0 nitrogen and oxygen atoms in total. The van der Waals surface area contributed by atoms with Crippen LogP contribution in [0.2, 0.25) is 4.59 Å². The van der Waals surface area contributed by atoms with Crippen LogP contribution >= 0.6 is 0 Å². The summed E-state index contributed by atoms with van der Waals surface area (Å²) in [6.45, 7) is 4.71. The van der Waals surface area contributed by atoms with Crippen molar-refractivity contribution in [3.63, 3.8) is 0 Å². The average Bonchev–Trinajstić information content (AvgIpc) is 2.31. The Morgan fingerprint density at radius 2 is 2.09 bits per heavy atom. The zero-order valence-electron chi connectivity index (χ0n) is 8.27. The van der Waals surface area contributed by atoms with Crippen molar-refractivity contribution in [3.8, 4) is 0 Å². The van der Waals surface area contributed by atoms with Crippen molar-refractivity contribution >= 4 is 17.7 Å². The van der Waals surface area contributed by atoms with Gasteiger partial charge in [0.2, 0.25) is 0 Å². The Kier molecular flexibility index (Phi) is 4.03. The van der Waals surface area contributed by atoms with Crippen LogP contribution in [0.3, 0.4) is 0 Å². The summed E-state index contributed by atoms with van der Waals surface area (Å²) in [5.74, 6) is 2.06. The van der Waals surface area contributed by atoms with E-state index in [0.29, 0.717) is 0 Å².